The number of benzene rings is 1. The smallest absolute Gasteiger partial charge is 0.0595 e. The SMILES string of the molecule is Clc1ccc(CCN2CCC[C@H](N3CCCC3)C2)cc1Cl. The summed E-state index contributed by atoms with van der Waals surface area (Å²) in [6, 6.07) is 6.79. The molecule has 1 aromatic carbocycles. The van der Waals surface area contributed by atoms with Gasteiger partial charge in [-0.25, -0.2) is 0 Å². The van der Waals surface area contributed by atoms with Gasteiger partial charge in [-0.3, -0.25) is 4.90 Å². The van der Waals surface area contributed by atoms with E-state index in [1.54, 1.807) is 0 Å². The van der Waals surface area contributed by atoms with Crippen molar-refractivity contribution in [3.63, 3.8) is 0 Å². The van der Waals surface area contributed by atoms with Crippen LogP contribution >= 0.6 is 23.2 Å². The van der Waals surface area contributed by atoms with Gasteiger partial charge < -0.3 is 4.90 Å². The molecule has 0 N–H and O–H groups in total. The summed E-state index contributed by atoms with van der Waals surface area (Å²) in [7, 11) is 0. The van der Waals surface area contributed by atoms with Crippen molar-refractivity contribution >= 4 is 23.2 Å². The standard InChI is InChI=1S/C17H24Cl2N2/c18-16-6-5-14(12-17(16)19)7-11-20-8-3-4-15(13-20)21-9-1-2-10-21/h5-6,12,15H,1-4,7-11,13H2/t15-/m0/s1. The zero-order chi connectivity index (χ0) is 14.7. The van der Waals surface area contributed by atoms with Gasteiger partial charge in [0.15, 0.2) is 0 Å². The molecule has 0 radical (unpaired) electrons. The van der Waals surface area contributed by atoms with Gasteiger partial charge in [-0.05, 0) is 69.4 Å². The summed E-state index contributed by atoms with van der Waals surface area (Å²) in [5.74, 6) is 0. The van der Waals surface area contributed by atoms with Crippen LogP contribution in [-0.2, 0) is 6.42 Å². The number of hydrogen-bond donors (Lipinski definition) is 0. The first kappa shape index (κ1) is 15.6. The summed E-state index contributed by atoms with van der Waals surface area (Å²) >= 11 is 12.1. The van der Waals surface area contributed by atoms with Crippen LogP contribution in [0.25, 0.3) is 0 Å². The topological polar surface area (TPSA) is 6.48 Å². The van der Waals surface area contributed by atoms with Crippen LogP contribution in [0, 0.1) is 0 Å². The Kier molecular flexibility index (Phi) is 5.44. The van der Waals surface area contributed by atoms with Crippen LogP contribution in [0.5, 0.6) is 0 Å². The highest BCUT2D eigenvalue weighted by molar-refractivity contribution is 6.42. The lowest BCUT2D eigenvalue weighted by molar-refractivity contribution is 0.116. The van der Waals surface area contributed by atoms with E-state index in [4.69, 9.17) is 23.2 Å². The maximum Gasteiger partial charge on any atom is 0.0595 e. The Morgan fingerprint density at radius 1 is 1.00 bits per heavy atom. The molecule has 21 heavy (non-hydrogen) atoms. The van der Waals surface area contributed by atoms with Crippen LogP contribution in [0.4, 0.5) is 0 Å². The van der Waals surface area contributed by atoms with Gasteiger partial charge in [0.1, 0.15) is 0 Å². The van der Waals surface area contributed by atoms with Crippen LogP contribution in [0.2, 0.25) is 10.0 Å². The monoisotopic (exact) mass is 326 g/mol. The van der Waals surface area contributed by atoms with Gasteiger partial charge >= 0.3 is 0 Å². The lowest BCUT2D eigenvalue weighted by atomic mass is 10.0. The molecule has 2 aliphatic rings. The molecule has 1 aromatic rings. The van der Waals surface area contributed by atoms with Crippen LogP contribution in [-0.4, -0.2) is 48.6 Å². The van der Waals surface area contributed by atoms with Crippen molar-refractivity contribution < 1.29 is 0 Å². The van der Waals surface area contributed by atoms with Gasteiger partial charge in [0.2, 0.25) is 0 Å². The van der Waals surface area contributed by atoms with E-state index in [1.165, 1.54) is 57.4 Å². The lowest BCUT2D eigenvalue weighted by Gasteiger charge is -2.37. The average Bonchev–Trinajstić information content (AvgIpc) is 3.03. The minimum absolute atomic E-state index is 0.646. The maximum atomic E-state index is 6.09. The Balaban J connectivity index is 1.51. The number of halogens is 2. The quantitative estimate of drug-likeness (QED) is 0.822. The Hall–Kier alpha value is -0.280. The van der Waals surface area contributed by atoms with Crippen molar-refractivity contribution in [3.8, 4) is 0 Å². The zero-order valence-electron chi connectivity index (χ0n) is 12.5. The molecule has 0 bridgehead atoms. The van der Waals surface area contributed by atoms with Crippen molar-refractivity contribution in [1.29, 1.82) is 0 Å². The molecule has 3 rings (SSSR count). The number of rotatable bonds is 4. The first-order chi connectivity index (χ1) is 10.2. The van der Waals surface area contributed by atoms with Gasteiger partial charge in [0.25, 0.3) is 0 Å². The Morgan fingerprint density at radius 2 is 1.81 bits per heavy atom. The molecular formula is C17H24Cl2N2. The van der Waals surface area contributed by atoms with Crippen LogP contribution in [0.3, 0.4) is 0 Å². The molecule has 2 nitrogen and oxygen atoms in total. The largest absolute Gasteiger partial charge is 0.301 e. The molecular weight excluding hydrogens is 303 g/mol. The predicted octanol–water partition coefficient (Wildman–Crippen LogP) is 4.10. The van der Waals surface area contributed by atoms with Crippen LogP contribution in [0.1, 0.15) is 31.2 Å². The second-order valence-electron chi connectivity index (χ2n) is 6.34. The van der Waals surface area contributed by atoms with E-state index in [1.807, 2.05) is 12.1 Å². The fourth-order valence-corrected chi connectivity index (χ4v) is 3.94. The summed E-state index contributed by atoms with van der Waals surface area (Å²) in [4.78, 5) is 5.32. The van der Waals surface area contributed by atoms with E-state index < -0.39 is 0 Å². The van der Waals surface area contributed by atoms with E-state index in [-0.39, 0.29) is 0 Å². The van der Waals surface area contributed by atoms with Crippen molar-refractivity contribution in [2.45, 2.75) is 38.1 Å². The minimum Gasteiger partial charge on any atom is -0.301 e. The number of piperidine rings is 1. The van der Waals surface area contributed by atoms with E-state index in [9.17, 15) is 0 Å². The first-order valence-corrected chi connectivity index (χ1v) is 8.88. The van der Waals surface area contributed by atoms with Gasteiger partial charge in [-0.2, -0.15) is 0 Å². The summed E-state index contributed by atoms with van der Waals surface area (Å²) in [5.41, 5.74) is 1.28. The fraction of sp³-hybridized carbons (Fsp3) is 0.647. The predicted molar refractivity (Wildman–Crippen MR) is 90.4 cm³/mol. The Bertz CT molecular complexity index is 472. The third-order valence-electron chi connectivity index (χ3n) is 4.84. The molecule has 4 heteroatoms. The highest BCUT2D eigenvalue weighted by Gasteiger charge is 2.26. The molecule has 2 fully saturated rings. The molecule has 0 aromatic heterocycles. The molecule has 1 atom stereocenters. The highest BCUT2D eigenvalue weighted by atomic mass is 35.5. The lowest BCUT2D eigenvalue weighted by Crippen LogP contribution is -2.47. The summed E-state index contributed by atoms with van der Waals surface area (Å²) in [5, 5.41) is 1.32. The Labute approximate surface area is 138 Å². The molecule has 2 aliphatic heterocycles. The first-order valence-electron chi connectivity index (χ1n) is 8.13. The molecule has 2 heterocycles. The summed E-state index contributed by atoms with van der Waals surface area (Å²) in [6.07, 6.45) is 6.55. The number of hydrogen-bond acceptors (Lipinski definition) is 2. The second-order valence-corrected chi connectivity index (χ2v) is 7.15. The van der Waals surface area contributed by atoms with Crippen molar-refractivity contribution in [1.82, 2.24) is 9.80 Å². The third kappa shape index (κ3) is 4.13. The number of likely N-dealkylation sites (tertiary alicyclic amines) is 2. The van der Waals surface area contributed by atoms with Gasteiger partial charge in [-0.15, -0.1) is 0 Å². The van der Waals surface area contributed by atoms with E-state index in [2.05, 4.69) is 15.9 Å². The molecule has 0 aliphatic carbocycles. The molecule has 0 spiro atoms. The second kappa shape index (κ2) is 7.32. The number of nitrogens with zero attached hydrogens (tertiary/aromatic N) is 2. The summed E-state index contributed by atoms with van der Waals surface area (Å²) in [6.45, 7) is 6.23. The normalized spacial score (nSPS) is 24.6. The zero-order valence-corrected chi connectivity index (χ0v) is 14.0. The van der Waals surface area contributed by atoms with Crippen molar-refractivity contribution in [3.05, 3.63) is 33.8 Å². The van der Waals surface area contributed by atoms with Crippen molar-refractivity contribution in [2.75, 3.05) is 32.7 Å². The molecule has 0 amide bonds. The Morgan fingerprint density at radius 3 is 2.57 bits per heavy atom. The van der Waals surface area contributed by atoms with E-state index in [0.29, 0.717) is 10.0 Å². The molecule has 2 saturated heterocycles. The molecule has 116 valence electrons. The minimum atomic E-state index is 0.646. The average molecular weight is 327 g/mol. The highest BCUT2D eigenvalue weighted by Crippen LogP contribution is 2.24. The summed E-state index contributed by atoms with van der Waals surface area (Å²) < 4.78 is 0. The van der Waals surface area contributed by atoms with Crippen LogP contribution in [0.15, 0.2) is 18.2 Å². The van der Waals surface area contributed by atoms with Gasteiger partial charge in [-0.1, -0.05) is 29.3 Å². The fourth-order valence-electron chi connectivity index (χ4n) is 3.62. The van der Waals surface area contributed by atoms with E-state index >= 15 is 0 Å². The molecule has 0 unspecified atom stereocenters. The van der Waals surface area contributed by atoms with E-state index in [0.717, 1.165) is 19.0 Å². The van der Waals surface area contributed by atoms with Gasteiger partial charge in [0.05, 0.1) is 10.0 Å². The van der Waals surface area contributed by atoms with Crippen LogP contribution < -0.4 is 0 Å². The van der Waals surface area contributed by atoms with Gasteiger partial charge in [0, 0.05) is 19.1 Å². The van der Waals surface area contributed by atoms with Crippen molar-refractivity contribution in [2.24, 2.45) is 0 Å². The third-order valence-corrected chi connectivity index (χ3v) is 5.58. The maximum absolute atomic E-state index is 6.09. The molecule has 0 saturated carbocycles.